The Kier molecular flexibility index (Phi) is 4.50. The summed E-state index contributed by atoms with van der Waals surface area (Å²) >= 11 is 7.13. The average Bonchev–Trinajstić information content (AvgIpc) is 3.15. The number of aromatic amines is 1. The number of hydrogen-bond acceptors (Lipinski definition) is 4. The lowest BCUT2D eigenvalue weighted by Crippen LogP contribution is -1.98. The molecular weight excluding hydrogens is 448 g/mol. The molecule has 124 valence electrons. The summed E-state index contributed by atoms with van der Waals surface area (Å²) in [6.07, 6.45) is 0. The van der Waals surface area contributed by atoms with E-state index in [4.69, 9.17) is 4.74 Å². The van der Waals surface area contributed by atoms with Crippen LogP contribution in [-0.2, 0) is 6.61 Å². The minimum absolute atomic E-state index is 0.472. The Labute approximate surface area is 160 Å². The standard InChI is InChI=1S/C18H12Br2N4O/c19-15-8-13(18-21-23-24-22-18)9-16(20)17(15)25-10-12-6-3-5-11-4-1-2-7-14(11)12/h1-9H,10H2,(H,21,22,23,24). The second kappa shape index (κ2) is 6.93. The maximum absolute atomic E-state index is 6.08. The van der Waals surface area contributed by atoms with E-state index in [9.17, 15) is 0 Å². The van der Waals surface area contributed by atoms with E-state index in [1.807, 2.05) is 30.3 Å². The molecular formula is C18H12Br2N4O. The first-order valence-corrected chi connectivity index (χ1v) is 9.13. The van der Waals surface area contributed by atoms with Crippen molar-refractivity contribution in [2.45, 2.75) is 6.61 Å². The van der Waals surface area contributed by atoms with Gasteiger partial charge in [0.25, 0.3) is 0 Å². The van der Waals surface area contributed by atoms with Gasteiger partial charge in [0.2, 0.25) is 5.82 Å². The molecule has 0 bridgehead atoms. The molecule has 1 heterocycles. The van der Waals surface area contributed by atoms with Crippen molar-refractivity contribution >= 4 is 42.6 Å². The van der Waals surface area contributed by atoms with Crippen LogP contribution in [0.2, 0.25) is 0 Å². The van der Waals surface area contributed by atoms with Gasteiger partial charge in [0.1, 0.15) is 12.4 Å². The number of rotatable bonds is 4. The zero-order valence-electron chi connectivity index (χ0n) is 12.9. The molecule has 0 radical (unpaired) electrons. The minimum Gasteiger partial charge on any atom is -0.487 e. The summed E-state index contributed by atoms with van der Waals surface area (Å²) in [5, 5.41) is 16.4. The number of hydrogen-bond donors (Lipinski definition) is 1. The van der Waals surface area contributed by atoms with E-state index in [2.05, 4.69) is 76.7 Å². The van der Waals surface area contributed by atoms with Crippen molar-refractivity contribution in [3.05, 3.63) is 69.1 Å². The molecule has 0 atom stereocenters. The van der Waals surface area contributed by atoms with Crippen molar-refractivity contribution < 1.29 is 4.74 Å². The smallest absolute Gasteiger partial charge is 0.204 e. The molecule has 7 heteroatoms. The summed E-state index contributed by atoms with van der Waals surface area (Å²) in [7, 11) is 0. The number of halogens is 2. The SMILES string of the molecule is Brc1cc(-c2nn[nH]n2)cc(Br)c1OCc1cccc2ccccc12. The predicted octanol–water partition coefficient (Wildman–Crippen LogP) is 5.12. The second-order valence-electron chi connectivity index (χ2n) is 5.43. The highest BCUT2D eigenvalue weighted by molar-refractivity contribution is 9.11. The number of benzene rings is 3. The van der Waals surface area contributed by atoms with Crippen LogP contribution in [0.1, 0.15) is 5.56 Å². The lowest BCUT2D eigenvalue weighted by Gasteiger charge is -2.13. The van der Waals surface area contributed by atoms with Crippen LogP contribution in [0.4, 0.5) is 0 Å². The van der Waals surface area contributed by atoms with Crippen molar-refractivity contribution in [2.24, 2.45) is 0 Å². The van der Waals surface area contributed by atoms with Gasteiger partial charge in [-0.3, -0.25) is 0 Å². The highest BCUT2D eigenvalue weighted by Gasteiger charge is 2.13. The Morgan fingerprint density at radius 3 is 2.48 bits per heavy atom. The third-order valence-corrected chi connectivity index (χ3v) is 5.03. The van der Waals surface area contributed by atoms with Crippen LogP contribution in [0, 0.1) is 0 Å². The minimum atomic E-state index is 0.472. The van der Waals surface area contributed by atoms with E-state index in [0.717, 1.165) is 25.8 Å². The number of fused-ring (bicyclic) bond motifs is 1. The van der Waals surface area contributed by atoms with Gasteiger partial charge in [-0.2, -0.15) is 5.21 Å². The van der Waals surface area contributed by atoms with Gasteiger partial charge < -0.3 is 4.74 Å². The first kappa shape index (κ1) is 16.2. The van der Waals surface area contributed by atoms with Gasteiger partial charge in [-0.25, -0.2) is 0 Å². The summed E-state index contributed by atoms with van der Waals surface area (Å²) in [5.41, 5.74) is 1.98. The van der Waals surface area contributed by atoms with E-state index in [1.165, 1.54) is 10.8 Å². The molecule has 0 aliphatic heterocycles. The molecule has 0 aliphatic rings. The molecule has 0 saturated carbocycles. The molecule has 0 amide bonds. The average molecular weight is 460 g/mol. The van der Waals surface area contributed by atoms with Gasteiger partial charge >= 0.3 is 0 Å². The fourth-order valence-corrected chi connectivity index (χ4v) is 4.09. The number of aromatic nitrogens is 4. The topological polar surface area (TPSA) is 63.7 Å². The molecule has 0 aliphatic carbocycles. The molecule has 3 aromatic carbocycles. The van der Waals surface area contributed by atoms with Gasteiger partial charge in [0, 0.05) is 5.56 Å². The number of H-pyrrole nitrogens is 1. The van der Waals surface area contributed by atoms with Gasteiger partial charge in [0.05, 0.1) is 8.95 Å². The summed E-state index contributed by atoms with van der Waals surface area (Å²) in [6.45, 7) is 0.472. The van der Waals surface area contributed by atoms with Crippen LogP contribution < -0.4 is 4.74 Å². The van der Waals surface area contributed by atoms with E-state index in [1.54, 1.807) is 0 Å². The Balaban J connectivity index is 1.63. The molecule has 0 spiro atoms. The largest absolute Gasteiger partial charge is 0.487 e. The molecule has 1 N–H and O–H groups in total. The Morgan fingerprint density at radius 2 is 1.72 bits per heavy atom. The fourth-order valence-electron chi connectivity index (χ4n) is 2.68. The quantitative estimate of drug-likeness (QED) is 0.459. The summed E-state index contributed by atoms with van der Waals surface area (Å²) in [5.74, 6) is 1.27. The van der Waals surface area contributed by atoms with Crippen molar-refractivity contribution in [3.63, 3.8) is 0 Å². The predicted molar refractivity (Wildman–Crippen MR) is 103 cm³/mol. The van der Waals surface area contributed by atoms with Gasteiger partial charge in [-0.1, -0.05) is 42.5 Å². The van der Waals surface area contributed by atoms with Gasteiger partial charge in [-0.05, 0) is 65.5 Å². The van der Waals surface area contributed by atoms with E-state index in [-0.39, 0.29) is 0 Å². The normalized spacial score (nSPS) is 11.0. The lowest BCUT2D eigenvalue weighted by atomic mass is 10.1. The number of nitrogens with one attached hydrogen (secondary N) is 1. The Bertz CT molecular complexity index is 1010. The monoisotopic (exact) mass is 458 g/mol. The zero-order chi connectivity index (χ0) is 17.2. The van der Waals surface area contributed by atoms with Crippen LogP contribution >= 0.6 is 31.9 Å². The van der Waals surface area contributed by atoms with Crippen LogP contribution in [0.15, 0.2) is 63.5 Å². The first-order chi connectivity index (χ1) is 12.2. The molecule has 4 rings (SSSR count). The number of tetrazole rings is 1. The second-order valence-corrected chi connectivity index (χ2v) is 7.14. The van der Waals surface area contributed by atoms with Gasteiger partial charge in [-0.15, -0.1) is 10.2 Å². The van der Waals surface area contributed by atoms with Gasteiger partial charge in [0.15, 0.2) is 0 Å². The molecule has 5 nitrogen and oxygen atoms in total. The van der Waals surface area contributed by atoms with Crippen molar-refractivity contribution in [1.29, 1.82) is 0 Å². The third-order valence-electron chi connectivity index (χ3n) is 3.85. The summed E-state index contributed by atoms with van der Waals surface area (Å²) < 4.78 is 7.72. The molecule has 0 saturated heterocycles. The molecule has 1 aromatic heterocycles. The maximum atomic E-state index is 6.08. The zero-order valence-corrected chi connectivity index (χ0v) is 16.1. The highest BCUT2D eigenvalue weighted by Crippen LogP contribution is 2.37. The van der Waals surface area contributed by atoms with Crippen LogP contribution in [0.5, 0.6) is 5.75 Å². The number of nitrogens with zero attached hydrogens (tertiary/aromatic N) is 3. The van der Waals surface area contributed by atoms with E-state index in [0.29, 0.717) is 12.4 Å². The van der Waals surface area contributed by atoms with E-state index >= 15 is 0 Å². The van der Waals surface area contributed by atoms with Crippen molar-refractivity contribution in [1.82, 2.24) is 20.6 Å². The van der Waals surface area contributed by atoms with Crippen LogP contribution in [0.25, 0.3) is 22.2 Å². The molecule has 0 unspecified atom stereocenters. The Hall–Kier alpha value is -2.25. The summed E-state index contributed by atoms with van der Waals surface area (Å²) in [6, 6.07) is 18.3. The number of ether oxygens (including phenoxy) is 1. The van der Waals surface area contributed by atoms with E-state index < -0.39 is 0 Å². The maximum Gasteiger partial charge on any atom is 0.204 e. The molecule has 25 heavy (non-hydrogen) atoms. The third kappa shape index (κ3) is 3.29. The summed E-state index contributed by atoms with van der Waals surface area (Å²) in [4.78, 5) is 0. The Morgan fingerprint density at radius 1 is 0.960 bits per heavy atom. The molecule has 0 fully saturated rings. The van der Waals surface area contributed by atoms with Crippen molar-refractivity contribution in [3.8, 4) is 17.1 Å². The van der Waals surface area contributed by atoms with Crippen LogP contribution in [0.3, 0.4) is 0 Å². The molecule has 4 aromatic rings. The van der Waals surface area contributed by atoms with Crippen molar-refractivity contribution in [2.75, 3.05) is 0 Å². The fraction of sp³-hybridized carbons (Fsp3) is 0.0556. The lowest BCUT2D eigenvalue weighted by molar-refractivity contribution is 0.304. The highest BCUT2D eigenvalue weighted by atomic mass is 79.9. The van der Waals surface area contributed by atoms with Crippen LogP contribution in [-0.4, -0.2) is 20.6 Å². The first-order valence-electron chi connectivity index (χ1n) is 7.54.